The lowest BCUT2D eigenvalue weighted by Crippen LogP contribution is -2.56. The van der Waals surface area contributed by atoms with E-state index in [1.165, 1.54) is 6.20 Å². The Balaban J connectivity index is 1.43. The van der Waals surface area contributed by atoms with Gasteiger partial charge in [0.2, 0.25) is 11.3 Å². The van der Waals surface area contributed by atoms with Gasteiger partial charge in [0.1, 0.15) is 16.8 Å². The largest absolute Gasteiger partial charge is 0.451 e. The van der Waals surface area contributed by atoms with Gasteiger partial charge < -0.3 is 30.6 Å². The number of imide groups is 1. The Labute approximate surface area is 227 Å². The lowest BCUT2D eigenvalue weighted by Gasteiger charge is -2.29. The number of halogens is 1. The van der Waals surface area contributed by atoms with E-state index in [0.29, 0.717) is 56.1 Å². The third-order valence-electron chi connectivity index (χ3n) is 7.85. The molecule has 10 nitrogen and oxygen atoms in total. The predicted molar refractivity (Wildman–Crippen MR) is 149 cm³/mol. The smallest absolute Gasteiger partial charge is 0.263 e. The molecule has 204 valence electrons. The van der Waals surface area contributed by atoms with Gasteiger partial charge in [0.25, 0.3) is 5.91 Å². The summed E-state index contributed by atoms with van der Waals surface area (Å²) in [6.07, 6.45) is 2.11. The first-order valence-corrected chi connectivity index (χ1v) is 13.3. The number of nitrogens with two attached hydrogens (primary N) is 1. The van der Waals surface area contributed by atoms with Gasteiger partial charge in [-0.25, -0.2) is 4.39 Å². The molecule has 1 aromatic heterocycles. The Hall–Kier alpha value is -4.32. The van der Waals surface area contributed by atoms with E-state index in [1.807, 2.05) is 41.3 Å². The lowest BCUT2D eigenvalue weighted by atomic mass is 10.0. The number of carbonyl (C=O) groups excluding carboxylic acids is 2. The van der Waals surface area contributed by atoms with Crippen molar-refractivity contribution < 1.29 is 18.7 Å². The van der Waals surface area contributed by atoms with Crippen LogP contribution < -0.4 is 36.7 Å². The normalized spacial score (nSPS) is 19.9. The summed E-state index contributed by atoms with van der Waals surface area (Å²) in [4.78, 5) is 41.6. The highest BCUT2D eigenvalue weighted by atomic mass is 19.1. The van der Waals surface area contributed by atoms with Crippen molar-refractivity contribution in [1.82, 2.24) is 20.5 Å². The molecule has 11 heteroatoms. The molecule has 3 aliphatic heterocycles. The molecular formula is C29H27FN6O4. The van der Waals surface area contributed by atoms with Crippen LogP contribution in [0.5, 0.6) is 11.5 Å². The summed E-state index contributed by atoms with van der Waals surface area (Å²) < 4.78 is 23.9. The van der Waals surface area contributed by atoms with E-state index in [-0.39, 0.29) is 28.4 Å². The number of anilines is 1. The molecule has 7 rings (SSSR count). The summed E-state index contributed by atoms with van der Waals surface area (Å²) in [7, 11) is 0. The quantitative estimate of drug-likeness (QED) is 0.254. The number of hydrogen-bond donors (Lipinski definition) is 4. The number of nitrogens with one attached hydrogen (secondary N) is 3. The van der Waals surface area contributed by atoms with Crippen LogP contribution in [0.4, 0.5) is 10.1 Å². The minimum atomic E-state index is -0.849. The summed E-state index contributed by atoms with van der Waals surface area (Å²) in [5.41, 5.74) is 6.34. The van der Waals surface area contributed by atoms with Crippen molar-refractivity contribution in [1.29, 1.82) is 0 Å². The molecule has 0 aliphatic carbocycles. The lowest BCUT2D eigenvalue weighted by molar-refractivity contribution is -0.122. The first-order chi connectivity index (χ1) is 19.4. The van der Waals surface area contributed by atoms with Crippen LogP contribution in [0.3, 0.4) is 0 Å². The molecule has 3 aliphatic rings. The van der Waals surface area contributed by atoms with E-state index in [1.54, 1.807) is 4.57 Å². The van der Waals surface area contributed by atoms with Gasteiger partial charge in [0, 0.05) is 45.0 Å². The van der Waals surface area contributed by atoms with Gasteiger partial charge in [-0.2, -0.15) is 0 Å². The summed E-state index contributed by atoms with van der Waals surface area (Å²) in [6.45, 7) is 2.63. The number of benzene rings is 3. The molecule has 3 aromatic carbocycles. The highest BCUT2D eigenvalue weighted by Crippen LogP contribution is 2.48. The number of carbonyl (C=O) groups is 2. The van der Waals surface area contributed by atoms with Gasteiger partial charge in [0.05, 0.1) is 17.1 Å². The first-order valence-electron chi connectivity index (χ1n) is 13.3. The molecular weight excluding hydrogens is 515 g/mol. The summed E-state index contributed by atoms with van der Waals surface area (Å²) in [5, 5.41) is 10.3. The molecule has 0 radical (unpaired) electrons. The van der Waals surface area contributed by atoms with Gasteiger partial charge in [-0.1, -0.05) is 24.3 Å². The molecule has 4 aromatic rings. The van der Waals surface area contributed by atoms with E-state index in [0.717, 1.165) is 16.8 Å². The van der Waals surface area contributed by atoms with E-state index >= 15 is 4.39 Å². The van der Waals surface area contributed by atoms with Crippen molar-refractivity contribution in [2.75, 3.05) is 37.6 Å². The predicted octanol–water partition coefficient (Wildman–Crippen LogP) is 1.74. The second-order valence-corrected chi connectivity index (χ2v) is 10.5. The fourth-order valence-corrected chi connectivity index (χ4v) is 5.84. The number of fused-ring (bicyclic) bond motifs is 3. The Bertz CT molecular complexity index is 1780. The van der Waals surface area contributed by atoms with Gasteiger partial charge in [-0.15, -0.1) is 0 Å². The molecule has 2 amide bonds. The SMILES string of the molecule is NC1CCN(c2c(F)cc3c(=O)c(C(=O)NC(=O)C4CNCCN4)cn4c3c2Oc2cc3ccccc3cc2-4)C1. The van der Waals surface area contributed by atoms with Crippen molar-refractivity contribution in [3.05, 3.63) is 70.3 Å². The second-order valence-electron chi connectivity index (χ2n) is 10.5. The summed E-state index contributed by atoms with van der Waals surface area (Å²) in [5.74, 6) is -1.39. The topological polar surface area (TPSA) is 131 Å². The number of rotatable bonds is 3. The zero-order valence-electron chi connectivity index (χ0n) is 21.5. The molecule has 4 heterocycles. The van der Waals surface area contributed by atoms with E-state index < -0.39 is 29.1 Å². The van der Waals surface area contributed by atoms with Gasteiger partial charge in [-0.3, -0.25) is 19.7 Å². The summed E-state index contributed by atoms with van der Waals surface area (Å²) in [6, 6.07) is 11.9. The van der Waals surface area contributed by atoms with Crippen molar-refractivity contribution >= 4 is 39.2 Å². The number of hydrogen-bond acceptors (Lipinski definition) is 8. The Morgan fingerprint density at radius 2 is 1.93 bits per heavy atom. The fraction of sp³-hybridized carbons (Fsp3) is 0.276. The third kappa shape index (κ3) is 3.93. The summed E-state index contributed by atoms with van der Waals surface area (Å²) >= 11 is 0. The average molecular weight is 543 g/mol. The molecule has 2 unspecified atom stereocenters. The minimum Gasteiger partial charge on any atom is -0.451 e. The molecule has 5 N–H and O–H groups in total. The Morgan fingerprint density at radius 3 is 2.65 bits per heavy atom. The standard InChI is InChI=1S/C29H27FN6O4/c30-20-11-18-24-27(25(20)35-8-5-17(31)13-35)40-23-10-16-4-2-1-3-15(16)9-22(23)36(24)14-19(26(18)37)28(38)34-29(39)21-12-32-6-7-33-21/h1-4,9-11,14,17,21,32-33H,5-8,12-13,31H2,(H,34,38,39). The second kappa shape index (κ2) is 9.40. The molecule has 2 saturated heterocycles. The highest BCUT2D eigenvalue weighted by Gasteiger charge is 2.33. The maximum absolute atomic E-state index is 15.8. The zero-order chi connectivity index (χ0) is 27.5. The van der Waals surface area contributed by atoms with Crippen LogP contribution in [-0.4, -0.2) is 61.2 Å². The van der Waals surface area contributed by atoms with E-state index in [4.69, 9.17) is 10.5 Å². The van der Waals surface area contributed by atoms with Crippen LogP contribution in [0.15, 0.2) is 53.5 Å². The minimum absolute atomic E-state index is 0.0175. The number of ether oxygens (including phenoxy) is 1. The third-order valence-corrected chi connectivity index (χ3v) is 7.85. The number of nitrogens with zero attached hydrogens (tertiary/aromatic N) is 2. The van der Waals surface area contributed by atoms with Gasteiger partial charge in [-0.05, 0) is 35.4 Å². The highest BCUT2D eigenvalue weighted by molar-refractivity contribution is 6.08. The van der Waals surface area contributed by atoms with Crippen LogP contribution >= 0.6 is 0 Å². The van der Waals surface area contributed by atoms with Crippen molar-refractivity contribution in [3.8, 4) is 17.2 Å². The van der Waals surface area contributed by atoms with Crippen molar-refractivity contribution in [2.24, 2.45) is 5.73 Å². The molecule has 0 bridgehead atoms. The first kappa shape index (κ1) is 24.7. The van der Waals surface area contributed by atoms with E-state index in [9.17, 15) is 14.4 Å². The molecule has 40 heavy (non-hydrogen) atoms. The van der Waals surface area contributed by atoms with Gasteiger partial charge >= 0.3 is 0 Å². The number of aromatic nitrogens is 1. The Morgan fingerprint density at radius 1 is 1.12 bits per heavy atom. The van der Waals surface area contributed by atoms with Crippen LogP contribution in [-0.2, 0) is 4.79 Å². The number of pyridine rings is 1. The average Bonchev–Trinajstić information content (AvgIpc) is 3.39. The van der Waals surface area contributed by atoms with E-state index in [2.05, 4.69) is 16.0 Å². The number of piperazine rings is 1. The monoisotopic (exact) mass is 542 g/mol. The van der Waals surface area contributed by atoms with Crippen LogP contribution in [0, 0.1) is 5.82 Å². The number of amides is 2. The van der Waals surface area contributed by atoms with Crippen LogP contribution in [0.2, 0.25) is 0 Å². The molecule has 0 spiro atoms. The van der Waals surface area contributed by atoms with Gasteiger partial charge in [0.15, 0.2) is 17.3 Å². The fourth-order valence-electron chi connectivity index (χ4n) is 5.84. The van der Waals surface area contributed by atoms with Crippen molar-refractivity contribution in [2.45, 2.75) is 18.5 Å². The van der Waals surface area contributed by atoms with Crippen LogP contribution in [0.1, 0.15) is 16.8 Å². The maximum Gasteiger partial charge on any atom is 0.263 e. The van der Waals surface area contributed by atoms with Crippen LogP contribution in [0.25, 0.3) is 27.4 Å². The molecule has 2 atom stereocenters. The zero-order valence-corrected chi connectivity index (χ0v) is 21.5. The Kier molecular flexibility index (Phi) is 5.81. The molecule has 2 fully saturated rings. The maximum atomic E-state index is 15.8. The molecule has 0 saturated carbocycles. The van der Waals surface area contributed by atoms with Crippen molar-refractivity contribution in [3.63, 3.8) is 0 Å².